The summed E-state index contributed by atoms with van der Waals surface area (Å²) in [6.45, 7) is 0. The molecular weight excluding hydrogens is 370 g/mol. The van der Waals surface area contributed by atoms with E-state index >= 15 is 0 Å². The predicted molar refractivity (Wildman–Crippen MR) is 110 cm³/mol. The van der Waals surface area contributed by atoms with Gasteiger partial charge in [-0.25, -0.2) is 15.0 Å². The average Bonchev–Trinajstić information content (AvgIpc) is 3.18. The van der Waals surface area contributed by atoms with E-state index < -0.39 is 0 Å². The summed E-state index contributed by atoms with van der Waals surface area (Å²) in [5.41, 5.74) is 4.27. The molecule has 6 nitrogen and oxygen atoms in total. The Morgan fingerprint density at radius 1 is 0.821 bits per heavy atom. The molecule has 0 aliphatic carbocycles. The van der Waals surface area contributed by atoms with Gasteiger partial charge in [0, 0.05) is 17.4 Å². The number of carbonyl (C=O) groups is 1. The number of nitrogens with zero attached hydrogens (tertiary/aromatic N) is 4. The molecular formula is C21H13N5OS. The molecule has 0 saturated heterocycles. The molecule has 7 heteroatoms. The number of fused-ring (bicyclic) bond motifs is 2. The van der Waals surface area contributed by atoms with Crippen molar-refractivity contribution in [3.8, 4) is 10.6 Å². The predicted octanol–water partition coefficient (Wildman–Crippen LogP) is 4.55. The Bertz CT molecular complexity index is 1280. The van der Waals surface area contributed by atoms with Gasteiger partial charge < -0.3 is 5.32 Å². The number of rotatable bonds is 3. The van der Waals surface area contributed by atoms with Crippen LogP contribution < -0.4 is 5.32 Å². The molecule has 3 aromatic heterocycles. The molecule has 0 atom stereocenters. The normalized spacial score (nSPS) is 11.0. The molecule has 0 bridgehead atoms. The van der Waals surface area contributed by atoms with Gasteiger partial charge in [0.1, 0.15) is 21.0 Å². The lowest BCUT2D eigenvalue weighted by atomic mass is 10.2. The fourth-order valence-electron chi connectivity index (χ4n) is 2.85. The van der Waals surface area contributed by atoms with Crippen LogP contribution in [0.25, 0.3) is 32.0 Å². The molecule has 0 aliphatic heterocycles. The molecule has 5 rings (SSSR count). The summed E-state index contributed by atoms with van der Waals surface area (Å²) in [6.07, 6.45) is 3.25. The molecule has 1 N–H and O–H groups in total. The number of nitrogens with one attached hydrogen (secondary N) is 1. The molecule has 0 radical (unpaired) electrons. The SMILES string of the molecule is O=C(Nc1ccc(-c2nc3cccnc3s2)cc1)c1cnc2ccccc2n1. The number of thiazole rings is 1. The van der Waals surface area contributed by atoms with E-state index in [1.165, 1.54) is 6.20 Å². The Hall–Kier alpha value is -3.71. The van der Waals surface area contributed by atoms with Gasteiger partial charge >= 0.3 is 0 Å². The Morgan fingerprint density at radius 3 is 2.43 bits per heavy atom. The minimum Gasteiger partial charge on any atom is -0.321 e. The second kappa shape index (κ2) is 6.79. The van der Waals surface area contributed by atoms with Crippen molar-refractivity contribution >= 4 is 44.3 Å². The first-order valence-corrected chi connectivity index (χ1v) is 9.43. The van der Waals surface area contributed by atoms with E-state index in [2.05, 4.69) is 25.3 Å². The molecule has 134 valence electrons. The van der Waals surface area contributed by atoms with Crippen LogP contribution in [0.4, 0.5) is 5.69 Å². The van der Waals surface area contributed by atoms with Crippen LogP contribution in [0.3, 0.4) is 0 Å². The van der Waals surface area contributed by atoms with Gasteiger partial charge in [-0.15, -0.1) is 0 Å². The van der Waals surface area contributed by atoms with Gasteiger partial charge in [-0.1, -0.05) is 23.5 Å². The van der Waals surface area contributed by atoms with Crippen molar-refractivity contribution < 1.29 is 4.79 Å². The second-order valence-electron chi connectivity index (χ2n) is 6.12. The standard InChI is InChI=1S/C21H13N5OS/c27-19(18-12-23-15-4-1-2-5-16(15)25-18)24-14-9-7-13(8-10-14)20-26-17-6-3-11-22-21(17)28-20/h1-12H,(H,24,27). The highest BCUT2D eigenvalue weighted by Gasteiger charge is 2.11. The first-order chi connectivity index (χ1) is 13.8. The van der Waals surface area contributed by atoms with Crippen LogP contribution in [0.2, 0.25) is 0 Å². The number of anilines is 1. The van der Waals surface area contributed by atoms with Crippen molar-refractivity contribution in [1.82, 2.24) is 19.9 Å². The van der Waals surface area contributed by atoms with Gasteiger partial charge in [0.25, 0.3) is 5.91 Å². The van der Waals surface area contributed by atoms with Crippen molar-refractivity contribution in [2.75, 3.05) is 5.32 Å². The highest BCUT2D eigenvalue weighted by atomic mass is 32.1. The van der Waals surface area contributed by atoms with E-state index in [-0.39, 0.29) is 11.6 Å². The van der Waals surface area contributed by atoms with Gasteiger partial charge in [0.05, 0.1) is 17.2 Å². The number of benzene rings is 2. The third-order valence-corrected chi connectivity index (χ3v) is 5.27. The molecule has 0 spiro atoms. The fourth-order valence-corrected chi connectivity index (χ4v) is 3.76. The van der Waals surface area contributed by atoms with Crippen molar-refractivity contribution in [1.29, 1.82) is 0 Å². The second-order valence-corrected chi connectivity index (χ2v) is 7.10. The number of hydrogen-bond donors (Lipinski definition) is 1. The average molecular weight is 383 g/mol. The zero-order valence-electron chi connectivity index (χ0n) is 14.5. The minimum atomic E-state index is -0.296. The van der Waals surface area contributed by atoms with Crippen LogP contribution in [0.15, 0.2) is 73.1 Å². The molecule has 0 unspecified atom stereocenters. The molecule has 0 fully saturated rings. The van der Waals surface area contributed by atoms with Gasteiger partial charge in [0.2, 0.25) is 0 Å². The lowest BCUT2D eigenvalue weighted by Crippen LogP contribution is -2.14. The summed E-state index contributed by atoms with van der Waals surface area (Å²) in [4.78, 5) is 31.0. The fraction of sp³-hybridized carbons (Fsp3) is 0. The van der Waals surface area contributed by atoms with Gasteiger partial charge in [-0.2, -0.15) is 0 Å². The molecule has 0 aliphatic rings. The van der Waals surface area contributed by atoms with E-state index in [0.29, 0.717) is 11.2 Å². The largest absolute Gasteiger partial charge is 0.321 e. The number of hydrogen-bond acceptors (Lipinski definition) is 6. The highest BCUT2D eigenvalue weighted by molar-refractivity contribution is 7.21. The Kier molecular flexibility index (Phi) is 3.99. The zero-order chi connectivity index (χ0) is 18.9. The lowest BCUT2D eigenvalue weighted by molar-refractivity contribution is 0.102. The van der Waals surface area contributed by atoms with E-state index in [1.54, 1.807) is 17.5 Å². The molecule has 0 saturated carbocycles. The van der Waals surface area contributed by atoms with Crippen molar-refractivity contribution in [3.63, 3.8) is 0 Å². The van der Waals surface area contributed by atoms with Crippen LogP contribution in [0, 0.1) is 0 Å². The molecule has 3 heterocycles. The molecule has 5 aromatic rings. The summed E-state index contributed by atoms with van der Waals surface area (Å²) < 4.78 is 0. The maximum absolute atomic E-state index is 12.5. The van der Waals surface area contributed by atoms with E-state index in [0.717, 1.165) is 26.4 Å². The Balaban J connectivity index is 1.37. The van der Waals surface area contributed by atoms with Crippen molar-refractivity contribution in [2.24, 2.45) is 0 Å². The number of aromatic nitrogens is 4. The topological polar surface area (TPSA) is 80.7 Å². The number of para-hydroxylation sites is 2. The first kappa shape index (κ1) is 16.5. The maximum Gasteiger partial charge on any atom is 0.275 e. The maximum atomic E-state index is 12.5. The summed E-state index contributed by atoms with van der Waals surface area (Å²) >= 11 is 1.54. The van der Waals surface area contributed by atoms with E-state index in [4.69, 9.17) is 0 Å². The summed E-state index contributed by atoms with van der Waals surface area (Å²) in [5.74, 6) is -0.296. The van der Waals surface area contributed by atoms with Crippen molar-refractivity contribution in [3.05, 3.63) is 78.8 Å². The number of pyridine rings is 1. The lowest BCUT2D eigenvalue weighted by Gasteiger charge is -2.06. The van der Waals surface area contributed by atoms with Crippen LogP contribution in [0.1, 0.15) is 10.5 Å². The molecule has 2 aromatic carbocycles. The number of amides is 1. The van der Waals surface area contributed by atoms with Crippen molar-refractivity contribution in [2.45, 2.75) is 0 Å². The summed E-state index contributed by atoms with van der Waals surface area (Å²) in [6, 6.07) is 18.8. The third kappa shape index (κ3) is 3.08. The smallest absolute Gasteiger partial charge is 0.275 e. The van der Waals surface area contributed by atoms with Crippen LogP contribution in [-0.2, 0) is 0 Å². The van der Waals surface area contributed by atoms with Gasteiger partial charge in [-0.3, -0.25) is 9.78 Å². The third-order valence-electron chi connectivity index (χ3n) is 4.24. The molecule has 1 amide bonds. The monoisotopic (exact) mass is 383 g/mol. The molecule has 28 heavy (non-hydrogen) atoms. The Morgan fingerprint density at radius 2 is 1.61 bits per heavy atom. The van der Waals surface area contributed by atoms with Gasteiger partial charge in [-0.05, 0) is 48.5 Å². The van der Waals surface area contributed by atoms with E-state index in [9.17, 15) is 4.79 Å². The minimum absolute atomic E-state index is 0.278. The quantitative estimate of drug-likeness (QED) is 0.494. The Labute approximate surface area is 164 Å². The summed E-state index contributed by atoms with van der Waals surface area (Å²) in [5, 5.41) is 3.75. The zero-order valence-corrected chi connectivity index (χ0v) is 15.4. The highest BCUT2D eigenvalue weighted by Crippen LogP contribution is 2.29. The summed E-state index contributed by atoms with van der Waals surface area (Å²) in [7, 11) is 0. The number of carbonyl (C=O) groups excluding carboxylic acids is 1. The van der Waals surface area contributed by atoms with Crippen LogP contribution >= 0.6 is 11.3 Å². The van der Waals surface area contributed by atoms with Gasteiger partial charge in [0.15, 0.2) is 0 Å². The van der Waals surface area contributed by atoms with E-state index in [1.807, 2.05) is 60.7 Å². The van der Waals surface area contributed by atoms with Crippen LogP contribution in [0.5, 0.6) is 0 Å². The van der Waals surface area contributed by atoms with Crippen LogP contribution in [-0.4, -0.2) is 25.8 Å². The first-order valence-electron chi connectivity index (χ1n) is 8.61.